The Balaban J connectivity index is 3.94. The lowest BCUT2D eigenvalue weighted by atomic mass is 9.98. The van der Waals surface area contributed by atoms with E-state index in [2.05, 4.69) is 24.7 Å². The molecule has 16 heavy (non-hydrogen) atoms. The van der Waals surface area contributed by atoms with E-state index in [1.54, 1.807) is 0 Å². The first kappa shape index (κ1) is 14.9. The standard InChI is InChI=1S/C12H24N2O2/c1-4-7-10(8-5-2)12(16)14-13-11(15)9-6-3/h10H,4-9H2,1-3H3,(H,13,15)(H,14,16). The second kappa shape index (κ2) is 9.19. The van der Waals surface area contributed by atoms with E-state index in [0.717, 1.165) is 32.1 Å². The van der Waals surface area contributed by atoms with Crippen molar-refractivity contribution in [2.45, 2.75) is 59.3 Å². The third-order valence-corrected chi connectivity index (χ3v) is 2.45. The number of hydrazine groups is 1. The zero-order chi connectivity index (χ0) is 12.4. The van der Waals surface area contributed by atoms with Gasteiger partial charge in [0, 0.05) is 12.3 Å². The fourth-order valence-electron chi connectivity index (χ4n) is 1.63. The highest BCUT2D eigenvalue weighted by atomic mass is 16.2. The first-order chi connectivity index (χ1) is 7.65. The Bertz CT molecular complexity index is 211. The predicted molar refractivity (Wildman–Crippen MR) is 64.5 cm³/mol. The highest BCUT2D eigenvalue weighted by molar-refractivity contribution is 5.83. The molecule has 0 aliphatic carbocycles. The van der Waals surface area contributed by atoms with Crippen LogP contribution in [0.2, 0.25) is 0 Å². The summed E-state index contributed by atoms with van der Waals surface area (Å²) in [6.45, 7) is 6.05. The van der Waals surface area contributed by atoms with Gasteiger partial charge in [0.2, 0.25) is 11.8 Å². The molecule has 0 aromatic rings. The van der Waals surface area contributed by atoms with Crippen molar-refractivity contribution in [1.82, 2.24) is 10.9 Å². The highest BCUT2D eigenvalue weighted by Gasteiger charge is 2.16. The number of carbonyl (C=O) groups excluding carboxylic acids is 2. The normalized spacial score (nSPS) is 10.2. The number of rotatable bonds is 7. The van der Waals surface area contributed by atoms with Gasteiger partial charge in [0.1, 0.15) is 0 Å². The van der Waals surface area contributed by atoms with E-state index in [-0.39, 0.29) is 17.7 Å². The van der Waals surface area contributed by atoms with Gasteiger partial charge in [-0.15, -0.1) is 0 Å². The van der Waals surface area contributed by atoms with Gasteiger partial charge < -0.3 is 0 Å². The molecule has 0 aliphatic heterocycles. The van der Waals surface area contributed by atoms with Crippen molar-refractivity contribution >= 4 is 11.8 Å². The fraction of sp³-hybridized carbons (Fsp3) is 0.833. The Labute approximate surface area is 98.1 Å². The van der Waals surface area contributed by atoms with Crippen LogP contribution in [0.4, 0.5) is 0 Å². The van der Waals surface area contributed by atoms with Crippen molar-refractivity contribution in [3.8, 4) is 0 Å². The first-order valence-corrected chi connectivity index (χ1v) is 6.24. The molecule has 0 saturated carbocycles. The fourth-order valence-corrected chi connectivity index (χ4v) is 1.63. The SMILES string of the molecule is CCCC(=O)NNC(=O)C(CCC)CCC. The Morgan fingerprint density at radius 2 is 1.50 bits per heavy atom. The summed E-state index contributed by atoms with van der Waals surface area (Å²) in [6, 6.07) is 0. The van der Waals surface area contributed by atoms with Crippen LogP contribution in [0.1, 0.15) is 59.3 Å². The van der Waals surface area contributed by atoms with Gasteiger partial charge in [0.15, 0.2) is 0 Å². The molecule has 0 aromatic carbocycles. The van der Waals surface area contributed by atoms with Crippen LogP contribution in [0.5, 0.6) is 0 Å². The molecule has 0 fully saturated rings. The average molecular weight is 228 g/mol. The van der Waals surface area contributed by atoms with Gasteiger partial charge in [-0.25, -0.2) is 0 Å². The number of amides is 2. The molecular formula is C12H24N2O2. The van der Waals surface area contributed by atoms with Gasteiger partial charge in [0.05, 0.1) is 0 Å². The van der Waals surface area contributed by atoms with Gasteiger partial charge in [-0.3, -0.25) is 20.4 Å². The maximum absolute atomic E-state index is 11.7. The number of nitrogens with one attached hydrogen (secondary N) is 2. The Morgan fingerprint density at radius 3 is 1.94 bits per heavy atom. The zero-order valence-corrected chi connectivity index (χ0v) is 10.6. The third-order valence-electron chi connectivity index (χ3n) is 2.45. The molecule has 0 bridgehead atoms. The maximum Gasteiger partial charge on any atom is 0.241 e. The van der Waals surface area contributed by atoms with Crippen LogP contribution in [-0.2, 0) is 9.59 Å². The molecule has 0 aliphatic rings. The number of hydrogen-bond acceptors (Lipinski definition) is 2. The van der Waals surface area contributed by atoms with Crippen LogP contribution in [0.25, 0.3) is 0 Å². The van der Waals surface area contributed by atoms with E-state index in [9.17, 15) is 9.59 Å². The summed E-state index contributed by atoms with van der Waals surface area (Å²) >= 11 is 0. The second-order valence-corrected chi connectivity index (χ2v) is 4.06. The molecule has 2 N–H and O–H groups in total. The van der Waals surface area contributed by atoms with Gasteiger partial charge in [-0.1, -0.05) is 33.6 Å². The molecule has 2 amide bonds. The van der Waals surface area contributed by atoms with Crippen molar-refractivity contribution in [3.05, 3.63) is 0 Å². The summed E-state index contributed by atoms with van der Waals surface area (Å²) in [4.78, 5) is 22.9. The minimum Gasteiger partial charge on any atom is -0.273 e. The van der Waals surface area contributed by atoms with Crippen molar-refractivity contribution in [3.63, 3.8) is 0 Å². The molecule has 0 unspecified atom stereocenters. The molecule has 4 heteroatoms. The van der Waals surface area contributed by atoms with E-state index in [4.69, 9.17) is 0 Å². The molecule has 4 nitrogen and oxygen atoms in total. The minimum absolute atomic E-state index is 0.0249. The smallest absolute Gasteiger partial charge is 0.241 e. The van der Waals surface area contributed by atoms with Crippen LogP contribution >= 0.6 is 0 Å². The number of hydrogen-bond donors (Lipinski definition) is 2. The van der Waals surface area contributed by atoms with Gasteiger partial charge in [-0.2, -0.15) is 0 Å². The molecule has 0 saturated heterocycles. The molecule has 0 aromatic heterocycles. The Hall–Kier alpha value is -1.06. The van der Waals surface area contributed by atoms with Crippen molar-refractivity contribution in [2.24, 2.45) is 5.92 Å². The van der Waals surface area contributed by atoms with Gasteiger partial charge >= 0.3 is 0 Å². The number of carbonyl (C=O) groups is 2. The zero-order valence-electron chi connectivity index (χ0n) is 10.6. The van der Waals surface area contributed by atoms with E-state index in [1.807, 2.05) is 6.92 Å². The monoisotopic (exact) mass is 228 g/mol. The molecule has 0 radical (unpaired) electrons. The summed E-state index contributed by atoms with van der Waals surface area (Å²) in [5, 5.41) is 0. The van der Waals surface area contributed by atoms with Gasteiger partial charge in [0.25, 0.3) is 0 Å². The van der Waals surface area contributed by atoms with Crippen molar-refractivity contribution < 1.29 is 9.59 Å². The van der Waals surface area contributed by atoms with Gasteiger partial charge in [-0.05, 0) is 19.3 Å². The summed E-state index contributed by atoms with van der Waals surface area (Å²) in [6.07, 6.45) is 4.97. The lowest BCUT2D eigenvalue weighted by Crippen LogP contribution is -2.44. The van der Waals surface area contributed by atoms with Crippen LogP contribution in [-0.4, -0.2) is 11.8 Å². The molecule has 0 rings (SSSR count). The third kappa shape index (κ3) is 6.43. The molecule has 0 atom stereocenters. The Kier molecular flexibility index (Phi) is 8.58. The van der Waals surface area contributed by atoms with E-state index >= 15 is 0 Å². The van der Waals surface area contributed by atoms with Crippen LogP contribution in [0.15, 0.2) is 0 Å². The van der Waals surface area contributed by atoms with E-state index in [0.29, 0.717) is 6.42 Å². The molecular weight excluding hydrogens is 204 g/mol. The molecule has 0 spiro atoms. The summed E-state index contributed by atoms with van der Waals surface area (Å²) in [5.74, 6) is -0.160. The quantitative estimate of drug-likeness (QED) is 0.656. The first-order valence-electron chi connectivity index (χ1n) is 6.24. The van der Waals surface area contributed by atoms with Crippen LogP contribution in [0, 0.1) is 5.92 Å². The predicted octanol–water partition coefficient (Wildman–Crippen LogP) is 2.15. The van der Waals surface area contributed by atoms with Crippen LogP contribution < -0.4 is 10.9 Å². The van der Waals surface area contributed by atoms with E-state index in [1.165, 1.54) is 0 Å². The summed E-state index contributed by atoms with van der Waals surface area (Å²) in [5.41, 5.74) is 4.94. The average Bonchev–Trinajstić information content (AvgIpc) is 2.26. The summed E-state index contributed by atoms with van der Waals surface area (Å²) < 4.78 is 0. The molecule has 94 valence electrons. The highest BCUT2D eigenvalue weighted by Crippen LogP contribution is 2.12. The van der Waals surface area contributed by atoms with E-state index < -0.39 is 0 Å². The summed E-state index contributed by atoms with van der Waals surface area (Å²) in [7, 11) is 0. The lowest BCUT2D eigenvalue weighted by molar-refractivity contribution is -0.131. The Morgan fingerprint density at radius 1 is 0.938 bits per heavy atom. The topological polar surface area (TPSA) is 58.2 Å². The largest absolute Gasteiger partial charge is 0.273 e. The minimum atomic E-state index is -0.123. The van der Waals surface area contributed by atoms with Crippen LogP contribution in [0.3, 0.4) is 0 Å². The molecule has 0 heterocycles. The maximum atomic E-state index is 11.7. The second-order valence-electron chi connectivity index (χ2n) is 4.06. The van der Waals surface area contributed by atoms with Crippen molar-refractivity contribution in [2.75, 3.05) is 0 Å². The lowest BCUT2D eigenvalue weighted by Gasteiger charge is -2.15. The van der Waals surface area contributed by atoms with Crippen molar-refractivity contribution in [1.29, 1.82) is 0 Å².